The van der Waals surface area contributed by atoms with Crippen molar-refractivity contribution in [3.8, 4) is 5.75 Å². The second-order valence-electron chi connectivity index (χ2n) is 6.97. The summed E-state index contributed by atoms with van der Waals surface area (Å²) in [4.78, 5) is 17.6. The molecule has 8 heteroatoms. The van der Waals surface area contributed by atoms with Gasteiger partial charge in [-0.25, -0.2) is 9.38 Å². The van der Waals surface area contributed by atoms with Crippen LogP contribution in [0, 0.1) is 12.7 Å². The molecule has 162 valence electrons. The Kier molecular flexibility index (Phi) is 6.98. The minimum Gasteiger partial charge on any atom is -0.488 e. The number of carbonyl (C=O) groups excluding carboxylic acids is 1. The Balaban J connectivity index is 1.58. The van der Waals surface area contributed by atoms with Gasteiger partial charge in [-0.2, -0.15) is 0 Å². The third-order valence-electron chi connectivity index (χ3n) is 4.65. The monoisotopic (exact) mass is 530 g/mol. The molecule has 1 N–H and O–H groups in total. The van der Waals surface area contributed by atoms with Crippen LogP contribution in [-0.2, 0) is 11.4 Å². The van der Waals surface area contributed by atoms with Crippen LogP contribution in [0.1, 0.15) is 16.7 Å². The van der Waals surface area contributed by atoms with Crippen molar-refractivity contribution in [2.45, 2.75) is 13.5 Å². The first-order chi connectivity index (χ1) is 15.4. The summed E-state index contributed by atoms with van der Waals surface area (Å²) in [5.41, 5.74) is 2.97. The number of nitrogens with one attached hydrogen (secondary N) is 1. The van der Waals surface area contributed by atoms with E-state index in [1.165, 1.54) is 23.9 Å². The quantitative estimate of drug-likeness (QED) is 0.360. The molecule has 0 aliphatic carbocycles. The van der Waals surface area contributed by atoms with Crippen LogP contribution in [0.3, 0.4) is 0 Å². The zero-order chi connectivity index (χ0) is 22.7. The summed E-state index contributed by atoms with van der Waals surface area (Å²) in [5.74, 6) is 0.0175. The number of benzene rings is 3. The number of halogens is 3. The minimum absolute atomic E-state index is 0.204. The lowest BCUT2D eigenvalue weighted by atomic mass is 10.1. The lowest BCUT2D eigenvalue weighted by Gasteiger charge is -2.10. The predicted molar refractivity (Wildman–Crippen MR) is 132 cm³/mol. The van der Waals surface area contributed by atoms with E-state index in [1.807, 2.05) is 31.2 Å². The molecule has 0 atom stereocenters. The molecule has 0 unspecified atom stereocenters. The maximum Gasteiger partial charge on any atom is 0.264 e. The molecule has 0 bridgehead atoms. The summed E-state index contributed by atoms with van der Waals surface area (Å²) in [7, 11) is 0. The highest BCUT2D eigenvalue weighted by Crippen LogP contribution is 2.33. The first-order valence-electron chi connectivity index (χ1n) is 9.60. The number of aliphatic imine (C=N–C) groups is 1. The fraction of sp³-hybridized carbons (Fsp3) is 0.0833. The van der Waals surface area contributed by atoms with Gasteiger partial charge in [0.05, 0.1) is 10.6 Å². The molecule has 3 aromatic carbocycles. The summed E-state index contributed by atoms with van der Waals surface area (Å²) in [6.07, 6.45) is 1.75. The van der Waals surface area contributed by atoms with E-state index in [0.717, 1.165) is 10.0 Å². The van der Waals surface area contributed by atoms with Gasteiger partial charge in [0.25, 0.3) is 5.91 Å². The van der Waals surface area contributed by atoms with E-state index in [0.29, 0.717) is 37.7 Å². The lowest BCUT2D eigenvalue weighted by Crippen LogP contribution is -2.19. The van der Waals surface area contributed by atoms with Gasteiger partial charge in [-0.1, -0.05) is 45.7 Å². The van der Waals surface area contributed by atoms with E-state index < -0.39 is 0 Å². The average Bonchev–Trinajstić information content (AvgIpc) is 3.09. The van der Waals surface area contributed by atoms with Gasteiger partial charge in [0.15, 0.2) is 5.17 Å². The molecule has 0 saturated carbocycles. The van der Waals surface area contributed by atoms with Crippen molar-refractivity contribution < 1.29 is 13.9 Å². The first kappa shape index (κ1) is 22.6. The molecule has 1 aliphatic heterocycles. The molecule has 4 nitrogen and oxygen atoms in total. The topological polar surface area (TPSA) is 50.7 Å². The van der Waals surface area contributed by atoms with Gasteiger partial charge >= 0.3 is 0 Å². The molecular formula is C24H17BrClFN2O2S. The van der Waals surface area contributed by atoms with E-state index in [2.05, 4.69) is 26.2 Å². The average molecular weight is 532 g/mol. The second-order valence-corrected chi connectivity index (χ2v) is 9.32. The lowest BCUT2D eigenvalue weighted by molar-refractivity contribution is -0.115. The van der Waals surface area contributed by atoms with E-state index in [-0.39, 0.29) is 18.3 Å². The number of ether oxygens (including phenoxy) is 1. The number of thioether (sulfide) groups is 1. The highest BCUT2D eigenvalue weighted by molar-refractivity contribution is 9.10. The van der Waals surface area contributed by atoms with E-state index >= 15 is 0 Å². The summed E-state index contributed by atoms with van der Waals surface area (Å²) in [6, 6.07) is 17.2. The van der Waals surface area contributed by atoms with Crippen LogP contribution in [0.25, 0.3) is 6.08 Å². The van der Waals surface area contributed by atoms with E-state index in [9.17, 15) is 9.18 Å². The SMILES string of the molecule is Cc1c(Cl)cccc1N=C1NC(=O)/C(=C\c2cc(Br)ccc2OCc2cccc(F)c2)S1. The highest BCUT2D eigenvalue weighted by Gasteiger charge is 2.24. The largest absolute Gasteiger partial charge is 0.488 e. The Bertz CT molecular complexity index is 1260. The Morgan fingerprint density at radius 3 is 2.81 bits per heavy atom. The van der Waals surface area contributed by atoms with Gasteiger partial charge in [-0.3, -0.25) is 4.79 Å². The summed E-state index contributed by atoms with van der Waals surface area (Å²) in [6.45, 7) is 2.08. The standard InChI is InChI=1S/C24H17BrClFN2O2S/c1-14-19(26)6-3-7-20(14)28-24-29-23(30)22(32-24)12-16-11-17(25)8-9-21(16)31-13-15-4-2-5-18(27)10-15/h2-12H,13H2,1H3,(H,28,29,30)/b22-12+. The summed E-state index contributed by atoms with van der Waals surface area (Å²) in [5, 5.41) is 3.88. The van der Waals surface area contributed by atoms with Crippen molar-refractivity contribution in [2.24, 2.45) is 4.99 Å². The molecule has 1 heterocycles. The zero-order valence-corrected chi connectivity index (χ0v) is 20.0. The molecular weight excluding hydrogens is 515 g/mol. The highest BCUT2D eigenvalue weighted by atomic mass is 79.9. The van der Waals surface area contributed by atoms with E-state index in [4.69, 9.17) is 16.3 Å². The van der Waals surface area contributed by atoms with Crippen LogP contribution in [0.2, 0.25) is 5.02 Å². The summed E-state index contributed by atoms with van der Waals surface area (Å²) < 4.78 is 20.2. The number of carbonyl (C=O) groups is 1. The van der Waals surface area contributed by atoms with Gasteiger partial charge < -0.3 is 10.1 Å². The molecule has 0 radical (unpaired) electrons. The Hall–Kier alpha value is -2.61. The third kappa shape index (κ3) is 5.41. The maximum absolute atomic E-state index is 13.4. The third-order valence-corrected chi connectivity index (χ3v) is 6.47. The molecule has 0 spiro atoms. The van der Waals surface area contributed by atoms with Gasteiger partial charge in [0.1, 0.15) is 18.2 Å². The molecule has 4 rings (SSSR count). The number of hydrogen-bond acceptors (Lipinski definition) is 4. The van der Waals surface area contributed by atoms with Crippen LogP contribution >= 0.6 is 39.3 Å². The van der Waals surface area contributed by atoms with Crippen molar-refractivity contribution in [2.75, 3.05) is 0 Å². The maximum atomic E-state index is 13.4. The fourth-order valence-electron chi connectivity index (χ4n) is 3.00. The first-order valence-corrected chi connectivity index (χ1v) is 11.6. The van der Waals surface area contributed by atoms with Crippen molar-refractivity contribution in [1.29, 1.82) is 0 Å². The van der Waals surface area contributed by atoms with Crippen LogP contribution in [0.4, 0.5) is 10.1 Å². The molecule has 1 saturated heterocycles. The predicted octanol–water partition coefficient (Wildman–Crippen LogP) is 7.02. The van der Waals surface area contributed by atoms with Crippen molar-refractivity contribution in [3.63, 3.8) is 0 Å². The molecule has 0 aromatic heterocycles. The zero-order valence-electron chi connectivity index (χ0n) is 16.9. The van der Waals surface area contributed by atoms with Gasteiger partial charge in [-0.15, -0.1) is 0 Å². The Morgan fingerprint density at radius 2 is 2.00 bits per heavy atom. The number of amides is 1. The van der Waals surface area contributed by atoms with Crippen LogP contribution < -0.4 is 10.1 Å². The normalized spacial score (nSPS) is 15.9. The Morgan fingerprint density at radius 1 is 1.19 bits per heavy atom. The molecule has 32 heavy (non-hydrogen) atoms. The number of hydrogen-bond donors (Lipinski definition) is 1. The molecule has 3 aromatic rings. The van der Waals surface area contributed by atoms with Crippen molar-refractivity contribution >= 4 is 62.1 Å². The van der Waals surface area contributed by atoms with Gasteiger partial charge in [0, 0.05) is 15.1 Å². The minimum atomic E-state index is -0.315. The van der Waals surface area contributed by atoms with Gasteiger partial charge in [-0.05, 0) is 78.4 Å². The summed E-state index contributed by atoms with van der Waals surface area (Å²) >= 11 is 10.9. The Labute approximate surface area is 202 Å². The second kappa shape index (κ2) is 9.90. The van der Waals surface area contributed by atoms with Crippen molar-refractivity contribution in [1.82, 2.24) is 5.32 Å². The number of amidine groups is 1. The molecule has 1 amide bonds. The molecule has 1 aliphatic rings. The fourth-order valence-corrected chi connectivity index (χ4v) is 4.37. The van der Waals surface area contributed by atoms with Crippen molar-refractivity contribution in [3.05, 3.63) is 97.6 Å². The van der Waals surface area contributed by atoms with Crippen LogP contribution in [0.5, 0.6) is 5.75 Å². The van der Waals surface area contributed by atoms with Crippen LogP contribution in [0.15, 0.2) is 75.0 Å². The van der Waals surface area contributed by atoms with E-state index in [1.54, 1.807) is 30.3 Å². The number of nitrogens with zero attached hydrogens (tertiary/aromatic N) is 1. The molecule has 1 fully saturated rings. The van der Waals surface area contributed by atoms with Crippen LogP contribution in [-0.4, -0.2) is 11.1 Å². The van der Waals surface area contributed by atoms with Gasteiger partial charge in [0.2, 0.25) is 0 Å². The number of rotatable bonds is 5. The smallest absolute Gasteiger partial charge is 0.264 e.